The molecule has 5 heteroatoms. The standard InChI is InChI=1S/C13H21NO3S/c1-11(8-9-17-2)14-10-12-4-6-13(7-5-12)18(3,15)16/h4-7,11,14H,8-10H2,1-3H3. The first kappa shape index (κ1) is 15.1. The van der Waals surface area contributed by atoms with Crippen LogP contribution in [0.1, 0.15) is 18.9 Å². The van der Waals surface area contributed by atoms with Crippen LogP contribution in [-0.2, 0) is 21.1 Å². The van der Waals surface area contributed by atoms with Crippen molar-refractivity contribution in [1.82, 2.24) is 5.32 Å². The zero-order valence-corrected chi connectivity index (χ0v) is 12.0. The molecule has 0 heterocycles. The van der Waals surface area contributed by atoms with Crippen molar-refractivity contribution < 1.29 is 13.2 Å². The molecule has 0 aromatic heterocycles. The van der Waals surface area contributed by atoms with Gasteiger partial charge in [-0.15, -0.1) is 0 Å². The van der Waals surface area contributed by atoms with Crippen molar-refractivity contribution in [1.29, 1.82) is 0 Å². The summed E-state index contributed by atoms with van der Waals surface area (Å²) in [6.45, 7) is 3.57. The minimum atomic E-state index is -3.10. The minimum Gasteiger partial charge on any atom is -0.385 e. The van der Waals surface area contributed by atoms with Crippen LogP contribution in [-0.4, -0.2) is 34.4 Å². The summed E-state index contributed by atoms with van der Waals surface area (Å²) >= 11 is 0. The van der Waals surface area contributed by atoms with Crippen LogP contribution < -0.4 is 5.32 Å². The molecule has 1 N–H and O–H groups in total. The van der Waals surface area contributed by atoms with E-state index < -0.39 is 9.84 Å². The molecule has 1 rings (SSSR count). The largest absolute Gasteiger partial charge is 0.385 e. The Bertz CT molecular complexity index is 454. The predicted molar refractivity (Wildman–Crippen MR) is 72.3 cm³/mol. The number of sulfone groups is 1. The third kappa shape index (κ3) is 5.16. The summed E-state index contributed by atoms with van der Waals surface area (Å²) in [5, 5.41) is 3.36. The monoisotopic (exact) mass is 271 g/mol. The van der Waals surface area contributed by atoms with Crippen molar-refractivity contribution in [3.8, 4) is 0 Å². The maximum absolute atomic E-state index is 11.3. The van der Waals surface area contributed by atoms with E-state index in [1.165, 1.54) is 6.26 Å². The van der Waals surface area contributed by atoms with E-state index in [1.54, 1.807) is 19.2 Å². The second-order valence-electron chi connectivity index (χ2n) is 4.48. The van der Waals surface area contributed by atoms with E-state index in [9.17, 15) is 8.42 Å². The van der Waals surface area contributed by atoms with E-state index in [0.29, 0.717) is 10.9 Å². The fraction of sp³-hybridized carbons (Fsp3) is 0.538. The van der Waals surface area contributed by atoms with Crippen LogP contribution in [0.4, 0.5) is 0 Å². The Hall–Kier alpha value is -0.910. The van der Waals surface area contributed by atoms with Crippen LogP contribution in [0.5, 0.6) is 0 Å². The van der Waals surface area contributed by atoms with E-state index in [-0.39, 0.29) is 0 Å². The lowest BCUT2D eigenvalue weighted by Gasteiger charge is -2.13. The molecule has 1 aromatic rings. The Morgan fingerprint density at radius 1 is 1.28 bits per heavy atom. The number of methoxy groups -OCH3 is 1. The summed E-state index contributed by atoms with van der Waals surface area (Å²) in [7, 11) is -1.41. The normalized spacial score (nSPS) is 13.5. The highest BCUT2D eigenvalue weighted by atomic mass is 32.2. The molecule has 0 fully saturated rings. The van der Waals surface area contributed by atoms with Gasteiger partial charge in [-0.25, -0.2) is 8.42 Å². The summed E-state index contributed by atoms with van der Waals surface area (Å²) in [5.41, 5.74) is 1.08. The van der Waals surface area contributed by atoms with Crippen molar-refractivity contribution in [3.63, 3.8) is 0 Å². The second kappa shape index (κ2) is 6.87. The molecule has 0 aliphatic carbocycles. The van der Waals surface area contributed by atoms with Gasteiger partial charge in [-0.1, -0.05) is 12.1 Å². The Kier molecular flexibility index (Phi) is 5.78. The highest BCUT2D eigenvalue weighted by Gasteiger charge is 2.06. The summed E-state index contributed by atoms with van der Waals surface area (Å²) in [5.74, 6) is 0. The minimum absolute atomic E-state index is 0.360. The Morgan fingerprint density at radius 3 is 2.39 bits per heavy atom. The van der Waals surface area contributed by atoms with Crippen molar-refractivity contribution in [3.05, 3.63) is 29.8 Å². The molecule has 0 aliphatic heterocycles. The van der Waals surface area contributed by atoms with Gasteiger partial charge in [0.2, 0.25) is 0 Å². The Morgan fingerprint density at radius 2 is 1.89 bits per heavy atom. The fourth-order valence-electron chi connectivity index (χ4n) is 1.54. The van der Waals surface area contributed by atoms with Gasteiger partial charge in [0.15, 0.2) is 9.84 Å². The molecule has 0 aliphatic rings. The topological polar surface area (TPSA) is 55.4 Å². The number of nitrogens with one attached hydrogen (secondary N) is 1. The molecule has 0 radical (unpaired) electrons. The average Bonchev–Trinajstić information content (AvgIpc) is 2.33. The SMILES string of the molecule is COCCC(C)NCc1ccc(S(C)(=O)=O)cc1. The quantitative estimate of drug-likeness (QED) is 0.818. The van der Waals surface area contributed by atoms with Gasteiger partial charge < -0.3 is 10.1 Å². The van der Waals surface area contributed by atoms with Crippen LogP contribution in [0.25, 0.3) is 0 Å². The average molecular weight is 271 g/mol. The highest BCUT2D eigenvalue weighted by molar-refractivity contribution is 7.90. The number of hydrogen-bond acceptors (Lipinski definition) is 4. The van der Waals surface area contributed by atoms with Crippen molar-refractivity contribution in [2.24, 2.45) is 0 Å². The predicted octanol–water partition coefficient (Wildman–Crippen LogP) is 1.60. The van der Waals surface area contributed by atoms with Gasteiger partial charge in [0.05, 0.1) is 4.90 Å². The van der Waals surface area contributed by atoms with Crippen LogP contribution in [0.3, 0.4) is 0 Å². The van der Waals surface area contributed by atoms with Gasteiger partial charge in [0.25, 0.3) is 0 Å². The van der Waals surface area contributed by atoms with Crippen LogP contribution in [0.15, 0.2) is 29.2 Å². The van der Waals surface area contributed by atoms with Gasteiger partial charge in [0.1, 0.15) is 0 Å². The van der Waals surface area contributed by atoms with Gasteiger partial charge >= 0.3 is 0 Å². The lowest BCUT2D eigenvalue weighted by Crippen LogP contribution is -2.26. The lowest BCUT2D eigenvalue weighted by atomic mass is 10.2. The fourth-order valence-corrected chi connectivity index (χ4v) is 2.17. The molecule has 0 amide bonds. The zero-order chi connectivity index (χ0) is 13.6. The first-order valence-electron chi connectivity index (χ1n) is 5.95. The van der Waals surface area contributed by atoms with Gasteiger partial charge in [0, 0.05) is 32.6 Å². The highest BCUT2D eigenvalue weighted by Crippen LogP contribution is 2.10. The first-order valence-corrected chi connectivity index (χ1v) is 7.84. The second-order valence-corrected chi connectivity index (χ2v) is 6.50. The van der Waals surface area contributed by atoms with Crippen LogP contribution >= 0.6 is 0 Å². The van der Waals surface area contributed by atoms with Gasteiger partial charge in [-0.3, -0.25) is 0 Å². The summed E-state index contributed by atoms with van der Waals surface area (Å²) in [6.07, 6.45) is 2.17. The lowest BCUT2D eigenvalue weighted by molar-refractivity contribution is 0.184. The molecule has 0 saturated carbocycles. The van der Waals surface area contributed by atoms with E-state index in [4.69, 9.17) is 4.74 Å². The molecule has 1 atom stereocenters. The molecule has 0 bridgehead atoms. The number of rotatable bonds is 7. The Labute approximate surface area is 109 Å². The summed E-state index contributed by atoms with van der Waals surface area (Å²) < 4.78 is 27.6. The zero-order valence-electron chi connectivity index (χ0n) is 11.1. The summed E-state index contributed by atoms with van der Waals surface area (Å²) in [6, 6.07) is 7.34. The smallest absolute Gasteiger partial charge is 0.175 e. The van der Waals surface area contributed by atoms with Crippen LogP contribution in [0.2, 0.25) is 0 Å². The molecule has 1 aromatic carbocycles. The molecular formula is C13H21NO3S. The molecule has 0 spiro atoms. The number of benzene rings is 1. The molecule has 1 unspecified atom stereocenters. The molecule has 4 nitrogen and oxygen atoms in total. The van der Waals surface area contributed by atoms with Crippen molar-refractivity contribution in [2.75, 3.05) is 20.0 Å². The maximum Gasteiger partial charge on any atom is 0.175 e. The van der Waals surface area contributed by atoms with E-state index in [0.717, 1.165) is 25.1 Å². The third-order valence-electron chi connectivity index (χ3n) is 2.76. The third-order valence-corrected chi connectivity index (χ3v) is 3.89. The summed E-state index contributed by atoms with van der Waals surface area (Å²) in [4.78, 5) is 0.360. The number of hydrogen-bond donors (Lipinski definition) is 1. The maximum atomic E-state index is 11.3. The van der Waals surface area contributed by atoms with Crippen LogP contribution in [0, 0.1) is 0 Å². The first-order chi connectivity index (χ1) is 8.43. The molecule has 102 valence electrons. The van der Waals surface area contributed by atoms with Gasteiger partial charge in [-0.2, -0.15) is 0 Å². The van der Waals surface area contributed by atoms with E-state index in [1.807, 2.05) is 12.1 Å². The molecule has 18 heavy (non-hydrogen) atoms. The number of ether oxygens (including phenoxy) is 1. The Balaban J connectivity index is 2.49. The van der Waals surface area contributed by atoms with Gasteiger partial charge in [-0.05, 0) is 31.0 Å². The molecular weight excluding hydrogens is 250 g/mol. The van der Waals surface area contributed by atoms with E-state index >= 15 is 0 Å². The van der Waals surface area contributed by atoms with Crippen molar-refractivity contribution >= 4 is 9.84 Å². The van der Waals surface area contributed by atoms with Crippen molar-refractivity contribution in [2.45, 2.75) is 30.8 Å². The molecule has 0 saturated heterocycles. The van der Waals surface area contributed by atoms with E-state index in [2.05, 4.69) is 12.2 Å².